The van der Waals surface area contributed by atoms with Crippen LogP contribution in [0.15, 0.2) is 42.5 Å². The molecule has 9 heteroatoms. The van der Waals surface area contributed by atoms with E-state index in [4.69, 9.17) is 27.9 Å². The van der Waals surface area contributed by atoms with Gasteiger partial charge in [-0.25, -0.2) is 4.79 Å². The molecule has 1 amide bonds. The van der Waals surface area contributed by atoms with Crippen LogP contribution >= 0.6 is 23.2 Å². The highest BCUT2D eigenvalue weighted by atomic mass is 35.5. The van der Waals surface area contributed by atoms with E-state index in [-0.39, 0.29) is 29.5 Å². The van der Waals surface area contributed by atoms with E-state index in [1.165, 1.54) is 42.3 Å². The van der Waals surface area contributed by atoms with Gasteiger partial charge >= 0.3 is 11.9 Å². The third kappa shape index (κ3) is 4.80. The van der Waals surface area contributed by atoms with Gasteiger partial charge in [0.15, 0.2) is 6.61 Å². The zero-order chi connectivity index (χ0) is 21.8. The normalized spacial score (nSPS) is 15.8. The van der Waals surface area contributed by atoms with Gasteiger partial charge < -0.3 is 14.4 Å². The number of anilines is 1. The van der Waals surface area contributed by atoms with Crippen LogP contribution in [0.2, 0.25) is 10.0 Å². The number of benzene rings is 2. The molecule has 0 spiro atoms. The number of hydrogen-bond donors (Lipinski definition) is 0. The Morgan fingerprint density at radius 3 is 2.43 bits per heavy atom. The Morgan fingerprint density at radius 1 is 1.10 bits per heavy atom. The maximum absolute atomic E-state index is 12.4. The van der Waals surface area contributed by atoms with Gasteiger partial charge in [0.05, 0.1) is 23.6 Å². The van der Waals surface area contributed by atoms with Gasteiger partial charge in [0.25, 0.3) is 0 Å². The number of amides is 1. The van der Waals surface area contributed by atoms with Crippen molar-refractivity contribution in [2.75, 3.05) is 25.2 Å². The molecule has 7 nitrogen and oxygen atoms in total. The van der Waals surface area contributed by atoms with Crippen molar-refractivity contribution in [1.29, 1.82) is 0 Å². The fraction of sp³-hybridized carbons (Fsp3) is 0.238. The van der Waals surface area contributed by atoms with Crippen molar-refractivity contribution >= 4 is 52.5 Å². The second kappa shape index (κ2) is 9.28. The largest absolute Gasteiger partial charge is 0.465 e. The Hall–Kier alpha value is -2.90. The molecule has 30 heavy (non-hydrogen) atoms. The predicted octanol–water partition coefficient (Wildman–Crippen LogP) is 3.56. The van der Waals surface area contributed by atoms with Crippen LogP contribution in [-0.4, -0.2) is 43.9 Å². The number of ketones is 1. The first kappa shape index (κ1) is 21.8. The summed E-state index contributed by atoms with van der Waals surface area (Å²) in [7, 11) is 1.28. The standard InChI is InChI=1S/C21H17Cl2NO6/c1-29-20(27)12-2-5-15(6-3-12)24-10-13(8-19(24)26)21(28)30-11-18(25)16-7-4-14(22)9-17(16)23/h2-7,9,13H,8,10-11H2,1H3. The van der Waals surface area contributed by atoms with Crippen LogP contribution in [-0.2, 0) is 19.1 Å². The van der Waals surface area contributed by atoms with E-state index < -0.39 is 30.2 Å². The van der Waals surface area contributed by atoms with Gasteiger partial charge in [-0.1, -0.05) is 23.2 Å². The number of esters is 2. The second-order valence-corrected chi connectivity index (χ2v) is 7.44. The summed E-state index contributed by atoms with van der Waals surface area (Å²) in [6, 6.07) is 10.7. The minimum absolute atomic E-state index is 0.0342. The number of hydrogen-bond acceptors (Lipinski definition) is 6. The molecular formula is C21H17Cl2NO6. The summed E-state index contributed by atoms with van der Waals surface area (Å²) in [5, 5.41) is 0.555. The molecule has 0 aromatic heterocycles. The van der Waals surface area contributed by atoms with E-state index in [1.807, 2.05) is 0 Å². The SMILES string of the molecule is COC(=O)c1ccc(N2CC(C(=O)OCC(=O)c3ccc(Cl)cc3Cl)CC2=O)cc1. The number of Topliss-reactive ketones (excluding diaryl/α,β-unsaturated/α-hetero) is 1. The lowest BCUT2D eigenvalue weighted by atomic mass is 10.1. The molecule has 156 valence electrons. The molecule has 0 aliphatic carbocycles. The monoisotopic (exact) mass is 449 g/mol. The Kier molecular flexibility index (Phi) is 6.74. The first-order chi connectivity index (χ1) is 14.3. The van der Waals surface area contributed by atoms with Crippen molar-refractivity contribution in [2.45, 2.75) is 6.42 Å². The third-order valence-corrected chi connectivity index (χ3v) is 5.18. The lowest BCUT2D eigenvalue weighted by molar-refractivity contribution is -0.147. The molecule has 3 rings (SSSR count). The minimum Gasteiger partial charge on any atom is -0.465 e. The number of halogens is 2. The van der Waals surface area contributed by atoms with Crippen molar-refractivity contribution in [3.63, 3.8) is 0 Å². The van der Waals surface area contributed by atoms with Gasteiger partial charge in [0.2, 0.25) is 11.7 Å². The van der Waals surface area contributed by atoms with Crippen molar-refractivity contribution in [3.05, 3.63) is 63.6 Å². The Bertz CT molecular complexity index is 1010. The van der Waals surface area contributed by atoms with E-state index in [1.54, 1.807) is 12.1 Å². The van der Waals surface area contributed by atoms with Crippen LogP contribution < -0.4 is 4.90 Å². The van der Waals surface area contributed by atoms with Gasteiger partial charge in [0.1, 0.15) is 0 Å². The van der Waals surface area contributed by atoms with Gasteiger partial charge in [-0.05, 0) is 42.5 Å². The average molecular weight is 450 g/mol. The number of methoxy groups -OCH3 is 1. The van der Waals surface area contributed by atoms with Crippen LogP contribution in [0.5, 0.6) is 0 Å². The molecule has 1 heterocycles. The molecule has 1 fully saturated rings. The number of carbonyl (C=O) groups is 4. The molecular weight excluding hydrogens is 433 g/mol. The summed E-state index contributed by atoms with van der Waals surface area (Å²) < 4.78 is 9.74. The van der Waals surface area contributed by atoms with Gasteiger partial charge in [-0.2, -0.15) is 0 Å². The molecule has 0 saturated carbocycles. The molecule has 1 atom stereocenters. The maximum atomic E-state index is 12.4. The van der Waals surface area contributed by atoms with Crippen molar-refractivity contribution in [2.24, 2.45) is 5.92 Å². The highest BCUT2D eigenvalue weighted by Gasteiger charge is 2.36. The van der Waals surface area contributed by atoms with Gasteiger partial charge in [-0.3, -0.25) is 14.4 Å². The molecule has 1 saturated heterocycles. The van der Waals surface area contributed by atoms with Gasteiger partial charge in [-0.15, -0.1) is 0 Å². The molecule has 0 bridgehead atoms. The summed E-state index contributed by atoms with van der Waals surface area (Å²) in [6.45, 7) is -0.371. The molecule has 2 aromatic rings. The van der Waals surface area contributed by atoms with E-state index in [2.05, 4.69) is 4.74 Å². The number of ether oxygens (including phenoxy) is 2. The Morgan fingerprint density at radius 2 is 1.80 bits per heavy atom. The highest BCUT2D eigenvalue weighted by Crippen LogP contribution is 2.27. The molecule has 0 N–H and O–H groups in total. The van der Waals surface area contributed by atoms with Crippen molar-refractivity contribution in [3.8, 4) is 0 Å². The summed E-state index contributed by atoms with van der Waals surface area (Å²) in [5.74, 6) is -2.55. The smallest absolute Gasteiger partial charge is 0.337 e. The fourth-order valence-electron chi connectivity index (χ4n) is 3.06. The zero-order valence-corrected chi connectivity index (χ0v) is 17.4. The zero-order valence-electron chi connectivity index (χ0n) is 15.9. The molecule has 2 aromatic carbocycles. The van der Waals surface area contributed by atoms with Crippen LogP contribution in [0, 0.1) is 5.92 Å². The first-order valence-electron chi connectivity index (χ1n) is 8.93. The fourth-order valence-corrected chi connectivity index (χ4v) is 3.57. The van der Waals surface area contributed by atoms with E-state index in [9.17, 15) is 19.2 Å². The van der Waals surface area contributed by atoms with E-state index in [0.29, 0.717) is 16.3 Å². The van der Waals surface area contributed by atoms with Crippen LogP contribution in [0.1, 0.15) is 27.1 Å². The van der Waals surface area contributed by atoms with Crippen molar-refractivity contribution < 1.29 is 28.7 Å². The maximum Gasteiger partial charge on any atom is 0.337 e. The predicted molar refractivity (Wildman–Crippen MR) is 110 cm³/mol. The summed E-state index contributed by atoms with van der Waals surface area (Å²) in [5.41, 5.74) is 1.10. The number of carbonyl (C=O) groups excluding carboxylic acids is 4. The highest BCUT2D eigenvalue weighted by molar-refractivity contribution is 6.36. The lowest BCUT2D eigenvalue weighted by Crippen LogP contribution is -2.27. The molecule has 1 unspecified atom stereocenters. The minimum atomic E-state index is -0.703. The number of nitrogens with zero attached hydrogens (tertiary/aromatic N) is 1. The van der Waals surface area contributed by atoms with Gasteiger partial charge in [0, 0.05) is 29.2 Å². The van der Waals surface area contributed by atoms with E-state index >= 15 is 0 Å². The van der Waals surface area contributed by atoms with Crippen LogP contribution in [0.4, 0.5) is 5.69 Å². The molecule has 1 aliphatic heterocycles. The Balaban J connectivity index is 1.59. The number of rotatable bonds is 6. The summed E-state index contributed by atoms with van der Waals surface area (Å²) in [6.07, 6.45) is -0.0342. The second-order valence-electron chi connectivity index (χ2n) is 6.60. The lowest BCUT2D eigenvalue weighted by Gasteiger charge is -2.16. The summed E-state index contributed by atoms with van der Waals surface area (Å²) >= 11 is 11.8. The Labute approximate surface area is 182 Å². The van der Waals surface area contributed by atoms with Crippen molar-refractivity contribution in [1.82, 2.24) is 0 Å². The topological polar surface area (TPSA) is 90.0 Å². The third-order valence-electron chi connectivity index (χ3n) is 4.64. The van der Waals surface area contributed by atoms with Crippen LogP contribution in [0.3, 0.4) is 0 Å². The van der Waals surface area contributed by atoms with E-state index in [0.717, 1.165) is 0 Å². The first-order valence-corrected chi connectivity index (χ1v) is 9.69. The summed E-state index contributed by atoms with van der Waals surface area (Å²) in [4.78, 5) is 49.9. The average Bonchev–Trinajstić information content (AvgIpc) is 3.13. The molecule has 0 radical (unpaired) electrons. The molecule has 1 aliphatic rings. The quantitative estimate of drug-likeness (QED) is 0.494. The van der Waals surface area contributed by atoms with Crippen LogP contribution in [0.25, 0.3) is 0 Å².